The lowest BCUT2D eigenvalue weighted by Gasteiger charge is -1.99. The lowest BCUT2D eigenvalue weighted by atomic mass is 10.1. The molecule has 2 nitrogen and oxygen atoms in total. The van der Waals surface area contributed by atoms with Gasteiger partial charge in [0.15, 0.2) is 0 Å². The molecule has 2 aromatic carbocycles. The van der Waals surface area contributed by atoms with Crippen molar-refractivity contribution in [3.8, 4) is 17.3 Å². The lowest BCUT2D eigenvalue weighted by Crippen LogP contribution is -1.84. The first-order valence-electron chi connectivity index (χ1n) is 7.62. The summed E-state index contributed by atoms with van der Waals surface area (Å²) in [5, 5.41) is 12.2. The van der Waals surface area contributed by atoms with E-state index in [4.69, 9.17) is 0 Å². The number of hydrogen-bond acceptors (Lipinski definition) is 3. The van der Waals surface area contributed by atoms with Crippen LogP contribution in [-0.2, 0) is 6.42 Å². The Labute approximate surface area is 154 Å². The predicted octanol–water partition coefficient (Wildman–Crippen LogP) is 6.20. The molecule has 0 radical (unpaired) electrons. The highest BCUT2D eigenvalue weighted by Crippen LogP contribution is 2.28. The molecule has 0 bridgehead atoms. The topological polar surface area (TPSA) is 36.7 Å². The number of thiazole rings is 1. The fourth-order valence-electron chi connectivity index (χ4n) is 2.34. The molecule has 3 aromatic rings. The van der Waals surface area contributed by atoms with E-state index in [-0.39, 0.29) is 0 Å². The van der Waals surface area contributed by atoms with Crippen molar-refractivity contribution in [3.05, 3.63) is 74.5 Å². The summed E-state index contributed by atoms with van der Waals surface area (Å²) in [5.41, 5.74) is 4.82. The van der Waals surface area contributed by atoms with Crippen LogP contribution in [0.5, 0.6) is 0 Å². The number of rotatable bonds is 4. The van der Waals surface area contributed by atoms with Crippen LogP contribution in [0.3, 0.4) is 0 Å². The molecule has 0 aliphatic rings. The molecule has 0 saturated carbocycles. The highest BCUT2D eigenvalue weighted by molar-refractivity contribution is 9.10. The summed E-state index contributed by atoms with van der Waals surface area (Å²) in [7, 11) is 0. The van der Waals surface area contributed by atoms with Crippen molar-refractivity contribution in [2.75, 3.05) is 0 Å². The van der Waals surface area contributed by atoms with Gasteiger partial charge in [0.2, 0.25) is 0 Å². The lowest BCUT2D eigenvalue weighted by molar-refractivity contribution is 1.14. The van der Waals surface area contributed by atoms with Crippen molar-refractivity contribution in [2.45, 2.75) is 13.3 Å². The van der Waals surface area contributed by atoms with E-state index in [1.165, 1.54) is 16.9 Å². The molecule has 118 valence electrons. The predicted molar refractivity (Wildman–Crippen MR) is 105 cm³/mol. The molecule has 0 amide bonds. The van der Waals surface area contributed by atoms with Gasteiger partial charge in [-0.05, 0) is 35.8 Å². The number of nitriles is 1. The number of halogens is 1. The van der Waals surface area contributed by atoms with Crippen LogP contribution in [-0.4, -0.2) is 4.98 Å². The van der Waals surface area contributed by atoms with Crippen molar-refractivity contribution in [3.63, 3.8) is 0 Å². The molecule has 0 unspecified atom stereocenters. The van der Waals surface area contributed by atoms with E-state index in [9.17, 15) is 5.26 Å². The normalized spacial score (nSPS) is 11.3. The minimum Gasteiger partial charge on any atom is -0.235 e. The maximum Gasteiger partial charge on any atom is 0.134 e. The standard InChI is InChI=1S/C20H15BrN2S/c1-2-14-6-8-15(9-7-14)10-17(12-22)20-23-19(13-24-20)16-4-3-5-18(21)11-16/h3-11,13H,2H2,1H3. The van der Waals surface area contributed by atoms with Crippen molar-refractivity contribution in [1.82, 2.24) is 4.98 Å². The highest BCUT2D eigenvalue weighted by Gasteiger charge is 2.09. The molecule has 0 aliphatic carbocycles. The molecule has 3 rings (SSSR count). The van der Waals surface area contributed by atoms with Gasteiger partial charge in [-0.3, -0.25) is 0 Å². The van der Waals surface area contributed by atoms with Crippen LogP contribution in [0.15, 0.2) is 58.4 Å². The quantitative estimate of drug-likeness (QED) is 0.493. The van der Waals surface area contributed by atoms with Crippen molar-refractivity contribution in [2.24, 2.45) is 0 Å². The van der Waals surface area contributed by atoms with Gasteiger partial charge < -0.3 is 0 Å². The number of allylic oxidation sites excluding steroid dienone is 1. The van der Waals surface area contributed by atoms with Crippen LogP contribution in [0.2, 0.25) is 0 Å². The number of benzene rings is 2. The third kappa shape index (κ3) is 3.81. The maximum atomic E-state index is 9.51. The van der Waals surface area contributed by atoms with Crippen LogP contribution in [0, 0.1) is 11.3 Å². The summed E-state index contributed by atoms with van der Waals surface area (Å²) in [4.78, 5) is 4.63. The van der Waals surface area contributed by atoms with E-state index < -0.39 is 0 Å². The Morgan fingerprint density at radius 1 is 1.25 bits per heavy atom. The maximum absolute atomic E-state index is 9.51. The Morgan fingerprint density at radius 3 is 2.71 bits per heavy atom. The molecule has 0 fully saturated rings. The fraction of sp³-hybridized carbons (Fsp3) is 0.100. The molecule has 4 heteroatoms. The Balaban J connectivity index is 1.91. The van der Waals surface area contributed by atoms with E-state index in [2.05, 4.69) is 46.0 Å². The zero-order valence-electron chi connectivity index (χ0n) is 13.2. The van der Waals surface area contributed by atoms with E-state index in [0.717, 1.165) is 32.7 Å². The van der Waals surface area contributed by atoms with E-state index in [1.54, 1.807) is 0 Å². The molecule has 0 N–H and O–H groups in total. The molecule has 1 heterocycles. The smallest absolute Gasteiger partial charge is 0.134 e. The number of aryl methyl sites for hydroxylation is 1. The van der Waals surface area contributed by atoms with Crippen molar-refractivity contribution in [1.29, 1.82) is 5.26 Å². The molecule has 0 atom stereocenters. The summed E-state index contributed by atoms with van der Waals surface area (Å²) in [6.07, 6.45) is 2.90. The van der Waals surface area contributed by atoms with Crippen LogP contribution in [0.1, 0.15) is 23.1 Å². The summed E-state index contributed by atoms with van der Waals surface area (Å²) >= 11 is 4.97. The minimum atomic E-state index is 0.588. The van der Waals surface area contributed by atoms with Gasteiger partial charge in [0.1, 0.15) is 11.1 Å². The summed E-state index contributed by atoms with van der Waals surface area (Å²) in [5.74, 6) is 0. The molecule has 0 aliphatic heterocycles. The van der Waals surface area contributed by atoms with Crippen LogP contribution >= 0.6 is 27.3 Å². The van der Waals surface area contributed by atoms with Crippen LogP contribution in [0.25, 0.3) is 22.9 Å². The zero-order chi connectivity index (χ0) is 16.9. The highest BCUT2D eigenvalue weighted by atomic mass is 79.9. The van der Waals surface area contributed by atoms with Gasteiger partial charge in [0, 0.05) is 15.4 Å². The summed E-state index contributed by atoms with van der Waals surface area (Å²) < 4.78 is 1.02. The molecule has 1 aromatic heterocycles. The second kappa shape index (κ2) is 7.57. The van der Waals surface area contributed by atoms with E-state index >= 15 is 0 Å². The Hall–Kier alpha value is -2.22. The van der Waals surface area contributed by atoms with Crippen LogP contribution < -0.4 is 0 Å². The number of aromatic nitrogens is 1. The van der Waals surface area contributed by atoms with Gasteiger partial charge in [-0.2, -0.15) is 5.26 Å². The zero-order valence-corrected chi connectivity index (χ0v) is 15.6. The first-order chi connectivity index (χ1) is 11.7. The average Bonchev–Trinajstić information content (AvgIpc) is 3.10. The largest absolute Gasteiger partial charge is 0.235 e. The molecule has 0 saturated heterocycles. The molecule has 24 heavy (non-hydrogen) atoms. The van der Waals surface area contributed by atoms with Gasteiger partial charge in [0.05, 0.1) is 11.3 Å². The molecular weight excluding hydrogens is 380 g/mol. The van der Waals surface area contributed by atoms with Gasteiger partial charge in [0.25, 0.3) is 0 Å². The SMILES string of the molecule is CCc1ccc(C=C(C#N)c2nc(-c3cccc(Br)c3)cs2)cc1. The number of nitrogens with zero attached hydrogens (tertiary/aromatic N) is 2. The van der Waals surface area contributed by atoms with Gasteiger partial charge in [-0.1, -0.05) is 59.3 Å². The van der Waals surface area contributed by atoms with Gasteiger partial charge in [-0.15, -0.1) is 11.3 Å². The fourth-order valence-corrected chi connectivity index (χ4v) is 3.53. The Morgan fingerprint density at radius 2 is 2.04 bits per heavy atom. The Kier molecular flexibility index (Phi) is 5.24. The van der Waals surface area contributed by atoms with E-state index in [0.29, 0.717) is 5.57 Å². The minimum absolute atomic E-state index is 0.588. The first-order valence-corrected chi connectivity index (χ1v) is 9.29. The third-order valence-corrected chi connectivity index (χ3v) is 5.04. The van der Waals surface area contributed by atoms with Gasteiger partial charge >= 0.3 is 0 Å². The summed E-state index contributed by atoms with van der Waals surface area (Å²) in [6, 6.07) is 18.5. The molecule has 0 spiro atoms. The van der Waals surface area contributed by atoms with Crippen molar-refractivity contribution < 1.29 is 0 Å². The summed E-state index contributed by atoms with van der Waals surface area (Å²) in [6.45, 7) is 2.13. The van der Waals surface area contributed by atoms with Crippen molar-refractivity contribution >= 4 is 38.9 Å². The second-order valence-electron chi connectivity index (χ2n) is 5.31. The van der Waals surface area contributed by atoms with Gasteiger partial charge in [-0.25, -0.2) is 4.98 Å². The third-order valence-electron chi connectivity index (χ3n) is 3.67. The Bertz CT molecular complexity index is 917. The van der Waals surface area contributed by atoms with E-state index in [1.807, 2.05) is 47.9 Å². The average molecular weight is 395 g/mol. The second-order valence-corrected chi connectivity index (χ2v) is 7.09. The first kappa shape index (κ1) is 16.6. The number of hydrogen-bond donors (Lipinski definition) is 0. The molecular formula is C20H15BrN2S. The van der Waals surface area contributed by atoms with Crippen LogP contribution in [0.4, 0.5) is 0 Å². The monoisotopic (exact) mass is 394 g/mol.